The van der Waals surface area contributed by atoms with E-state index in [1.54, 1.807) is 32.8 Å². The van der Waals surface area contributed by atoms with E-state index in [1.807, 2.05) is 6.07 Å². The molecule has 126 valence electrons. The third kappa shape index (κ3) is 5.08. The van der Waals surface area contributed by atoms with Gasteiger partial charge in [-0.15, -0.1) is 0 Å². The second-order valence-electron chi connectivity index (χ2n) is 5.43. The van der Waals surface area contributed by atoms with Crippen LogP contribution in [0.2, 0.25) is 0 Å². The van der Waals surface area contributed by atoms with Gasteiger partial charge in [-0.3, -0.25) is 4.55 Å². The summed E-state index contributed by atoms with van der Waals surface area (Å²) in [7, 11) is -0.917. The molecule has 0 bridgehead atoms. The molecular formula is C17H15NaO3S4. The molecule has 1 heterocycles. The molecule has 0 aliphatic rings. The van der Waals surface area contributed by atoms with Crippen LogP contribution in [0, 0.1) is 10.7 Å². The molecule has 25 heavy (non-hydrogen) atoms. The fraction of sp³-hybridized carbons (Fsp3) is 0.118. The molecule has 3 nitrogen and oxygen atoms in total. The quantitative estimate of drug-likeness (QED) is 0.306. The van der Waals surface area contributed by atoms with Crippen LogP contribution in [0.15, 0.2) is 53.4 Å². The zero-order valence-electron chi connectivity index (χ0n) is 14.7. The van der Waals surface area contributed by atoms with Crippen molar-refractivity contribution in [1.82, 2.24) is 0 Å². The van der Waals surface area contributed by atoms with Crippen LogP contribution in [-0.2, 0) is 16.5 Å². The Morgan fingerprint density at radius 1 is 1.12 bits per heavy atom. The minimum absolute atomic E-state index is 0. The van der Waals surface area contributed by atoms with Gasteiger partial charge >= 0.3 is 29.6 Å². The molecule has 0 aliphatic heterocycles. The van der Waals surface area contributed by atoms with E-state index in [4.69, 9.17) is 16.8 Å². The van der Waals surface area contributed by atoms with Crippen molar-refractivity contribution in [2.45, 2.75) is 18.2 Å². The molecule has 3 aromatic rings. The van der Waals surface area contributed by atoms with E-state index in [1.165, 1.54) is 17.7 Å². The number of hydrogen-bond acceptors (Lipinski definition) is 5. The van der Waals surface area contributed by atoms with Crippen LogP contribution < -0.4 is 29.6 Å². The number of benzene rings is 2. The first-order valence-electron chi connectivity index (χ1n) is 7.10. The van der Waals surface area contributed by atoms with Crippen molar-refractivity contribution < 1.29 is 44.0 Å². The number of aryl methyl sites for hydroxylation is 1. The van der Waals surface area contributed by atoms with Gasteiger partial charge in [-0.2, -0.15) is 8.42 Å². The zero-order chi connectivity index (χ0) is 17.3. The monoisotopic (exact) mass is 418 g/mol. The summed E-state index contributed by atoms with van der Waals surface area (Å²) >= 11 is 5.48. The van der Waals surface area contributed by atoms with E-state index >= 15 is 0 Å². The van der Waals surface area contributed by atoms with Crippen molar-refractivity contribution in [1.29, 1.82) is 0 Å². The summed E-state index contributed by atoms with van der Waals surface area (Å²) < 4.78 is 32.2. The Morgan fingerprint density at radius 2 is 1.80 bits per heavy atom. The number of hydrogen-bond donors (Lipinski definition) is 1. The summed E-state index contributed by atoms with van der Waals surface area (Å²) in [6, 6.07) is 14.5. The topological polar surface area (TPSA) is 54.4 Å². The van der Waals surface area contributed by atoms with Crippen molar-refractivity contribution in [2.75, 3.05) is 0 Å². The van der Waals surface area contributed by atoms with Gasteiger partial charge < -0.3 is 1.43 Å². The fourth-order valence-electron chi connectivity index (χ4n) is 2.42. The van der Waals surface area contributed by atoms with E-state index in [-0.39, 0.29) is 35.9 Å². The van der Waals surface area contributed by atoms with Gasteiger partial charge in [-0.05, 0) is 30.2 Å². The van der Waals surface area contributed by atoms with Crippen LogP contribution in [0.25, 0.3) is 10.4 Å². The second kappa shape index (κ2) is 8.54. The van der Waals surface area contributed by atoms with Gasteiger partial charge in [0.2, 0.25) is 0 Å². The summed E-state index contributed by atoms with van der Waals surface area (Å²) in [6.45, 7) is 2.06. The van der Waals surface area contributed by atoms with Gasteiger partial charge in [0.1, 0.15) is 3.82 Å². The van der Waals surface area contributed by atoms with Crippen molar-refractivity contribution >= 4 is 43.0 Å². The fourth-order valence-corrected chi connectivity index (χ4v) is 5.81. The molecule has 0 amide bonds. The average Bonchev–Trinajstić information content (AvgIpc) is 2.88. The largest absolute Gasteiger partial charge is 1.00 e. The molecule has 0 saturated heterocycles. The molecule has 0 spiro atoms. The summed E-state index contributed by atoms with van der Waals surface area (Å²) in [6.07, 6.45) is 0.633. The van der Waals surface area contributed by atoms with Crippen molar-refractivity contribution in [3.05, 3.63) is 69.0 Å². The van der Waals surface area contributed by atoms with Crippen molar-refractivity contribution in [2.24, 2.45) is 0 Å². The van der Waals surface area contributed by atoms with Gasteiger partial charge in [-0.1, -0.05) is 74.9 Å². The molecule has 0 fully saturated rings. The zero-order valence-corrected chi connectivity index (χ0v) is 19.0. The molecule has 0 unspecified atom stereocenters. The van der Waals surface area contributed by atoms with Crippen molar-refractivity contribution in [3.63, 3.8) is 0 Å². The average molecular weight is 419 g/mol. The van der Waals surface area contributed by atoms with Crippen molar-refractivity contribution in [3.8, 4) is 10.4 Å². The third-order valence-corrected chi connectivity index (χ3v) is 7.66. The maximum atomic E-state index is 11.1. The third-order valence-electron chi connectivity index (χ3n) is 3.60. The van der Waals surface area contributed by atoms with Crippen LogP contribution in [0.3, 0.4) is 0 Å². The normalized spacial score (nSPS) is 11.1. The maximum Gasteiger partial charge on any atom is 1.00 e. The molecule has 0 saturated carbocycles. The first kappa shape index (κ1) is 20.9. The predicted octanol–water partition coefficient (Wildman–Crippen LogP) is 2.47. The summed E-state index contributed by atoms with van der Waals surface area (Å²) in [5.41, 5.74) is 4.38. The Morgan fingerprint density at radius 3 is 2.40 bits per heavy atom. The minimum atomic E-state index is -4.16. The van der Waals surface area contributed by atoms with E-state index in [0.717, 1.165) is 25.4 Å². The van der Waals surface area contributed by atoms with E-state index in [9.17, 15) is 8.42 Å². The Hall–Kier alpha value is -0.380. The standard InChI is InChI=1S/C17H14O3S4.Na.H/c1-11-3-2-4-13(9-11)16-15(17(21)23-22-16)10-12-5-7-14(8-6-12)24(18,19)20;;/h2-9H,10H2,1H3,(H,18,19,20);;/q;+1;-1. The number of rotatable bonds is 4. The Bertz CT molecular complexity index is 1040. The second-order valence-corrected chi connectivity index (χ2v) is 9.67. The van der Waals surface area contributed by atoms with E-state index < -0.39 is 10.1 Å². The van der Waals surface area contributed by atoms with Crippen LogP contribution in [0.4, 0.5) is 0 Å². The van der Waals surface area contributed by atoms with Crippen LogP contribution in [0.5, 0.6) is 0 Å². The van der Waals surface area contributed by atoms with Crippen LogP contribution >= 0.6 is 32.9 Å². The summed E-state index contributed by atoms with van der Waals surface area (Å²) in [4.78, 5) is 1.06. The molecule has 1 N–H and O–H groups in total. The molecule has 0 radical (unpaired) electrons. The molecule has 8 heteroatoms. The first-order chi connectivity index (χ1) is 11.3. The molecule has 1 aromatic heterocycles. The van der Waals surface area contributed by atoms with Gasteiger partial charge in [0, 0.05) is 12.0 Å². The smallest absolute Gasteiger partial charge is 1.00 e. The molecule has 3 rings (SSSR count). The molecule has 2 aromatic carbocycles. The molecule has 0 atom stereocenters. The van der Waals surface area contributed by atoms with Gasteiger partial charge in [0.05, 0.1) is 9.77 Å². The maximum absolute atomic E-state index is 11.1. The minimum Gasteiger partial charge on any atom is -1.00 e. The Labute approximate surface area is 183 Å². The van der Waals surface area contributed by atoms with E-state index in [0.29, 0.717) is 6.42 Å². The predicted molar refractivity (Wildman–Crippen MR) is 103 cm³/mol. The van der Waals surface area contributed by atoms with Gasteiger partial charge in [0.25, 0.3) is 10.1 Å². The molecule has 0 aliphatic carbocycles. The Kier molecular flexibility index (Phi) is 7.15. The summed E-state index contributed by atoms with van der Waals surface area (Å²) in [5, 5.41) is 0. The van der Waals surface area contributed by atoms with Crippen LogP contribution in [-0.4, -0.2) is 13.0 Å². The first-order valence-corrected chi connectivity index (χ1v) is 11.1. The SMILES string of the molecule is Cc1cccc(-c2ssc(=S)c2Cc2ccc(S(=O)(=O)O)cc2)c1.[H-].[Na+]. The Balaban J connectivity index is 0.00000169. The van der Waals surface area contributed by atoms with Crippen LogP contribution in [0.1, 0.15) is 18.1 Å². The van der Waals surface area contributed by atoms with E-state index in [2.05, 4.69) is 25.1 Å². The van der Waals surface area contributed by atoms with Gasteiger partial charge in [0.15, 0.2) is 0 Å². The van der Waals surface area contributed by atoms with Gasteiger partial charge in [-0.25, -0.2) is 0 Å². The summed E-state index contributed by atoms with van der Waals surface area (Å²) in [5.74, 6) is 0. The molecular weight excluding hydrogens is 403 g/mol.